The molecule has 3 heteroatoms. The van der Waals surface area contributed by atoms with Gasteiger partial charge >= 0.3 is 0 Å². The molecule has 1 aromatic heterocycles. The molecular formula is C17H29N3. The molecule has 1 atom stereocenters. The summed E-state index contributed by atoms with van der Waals surface area (Å²) in [7, 11) is 0. The Balaban J connectivity index is 2.12. The zero-order valence-corrected chi connectivity index (χ0v) is 13.3. The lowest BCUT2D eigenvalue weighted by molar-refractivity contribution is 0.444. The number of hydrogen-bond acceptors (Lipinski definition) is 3. The summed E-state index contributed by atoms with van der Waals surface area (Å²) >= 11 is 0. The zero-order valence-electron chi connectivity index (χ0n) is 13.3. The lowest BCUT2D eigenvalue weighted by atomic mass is 10.0. The van der Waals surface area contributed by atoms with Crippen LogP contribution < -0.4 is 10.2 Å². The van der Waals surface area contributed by atoms with Crippen molar-refractivity contribution in [3.05, 3.63) is 23.4 Å². The van der Waals surface area contributed by atoms with Gasteiger partial charge in [0.25, 0.3) is 0 Å². The summed E-state index contributed by atoms with van der Waals surface area (Å²) in [6.07, 6.45) is 4.84. The highest BCUT2D eigenvalue weighted by Crippen LogP contribution is 2.23. The maximum absolute atomic E-state index is 4.84. The van der Waals surface area contributed by atoms with E-state index < -0.39 is 0 Å². The van der Waals surface area contributed by atoms with E-state index in [2.05, 4.69) is 43.1 Å². The molecule has 0 aliphatic carbocycles. The predicted molar refractivity (Wildman–Crippen MR) is 86.2 cm³/mol. The summed E-state index contributed by atoms with van der Waals surface area (Å²) in [6.45, 7) is 11.1. The van der Waals surface area contributed by atoms with E-state index >= 15 is 0 Å². The third-order valence-electron chi connectivity index (χ3n) is 4.02. The summed E-state index contributed by atoms with van der Waals surface area (Å²) in [5.74, 6) is 1.97. The van der Waals surface area contributed by atoms with Crippen LogP contribution in [0.15, 0.2) is 12.1 Å². The van der Waals surface area contributed by atoms with Crippen LogP contribution in [0.2, 0.25) is 0 Å². The second-order valence-corrected chi connectivity index (χ2v) is 6.05. The van der Waals surface area contributed by atoms with Gasteiger partial charge in [-0.3, -0.25) is 0 Å². The van der Waals surface area contributed by atoms with Crippen molar-refractivity contribution >= 4 is 5.82 Å². The van der Waals surface area contributed by atoms with Crippen LogP contribution in [0, 0.1) is 5.92 Å². The first-order valence-corrected chi connectivity index (χ1v) is 8.18. The number of pyridine rings is 1. The molecular weight excluding hydrogens is 246 g/mol. The van der Waals surface area contributed by atoms with E-state index in [1.54, 1.807) is 0 Å². The molecule has 0 aromatic carbocycles. The highest BCUT2D eigenvalue weighted by atomic mass is 15.2. The van der Waals surface area contributed by atoms with Gasteiger partial charge in [0.2, 0.25) is 0 Å². The Bertz CT molecular complexity index is 417. The Kier molecular flexibility index (Phi) is 5.84. The van der Waals surface area contributed by atoms with Gasteiger partial charge < -0.3 is 10.2 Å². The highest BCUT2D eigenvalue weighted by molar-refractivity contribution is 5.43. The van der Waals surface area contributed by atoms with Crippen molar-refractivity contribution < 1.29 is 0 Å². The number of nitrogens with zero attached hydrogens (tertiary/aromatic N) is 2. The molecule has 1 unspecified atom stereocenters. The summed E-state index contributed by atoms with van der Waals surface area (Å²) in [5.41, 5.74) is 2.59. The Morgan fingerprint density at radius 3 is 2.90 bits per heavy atom. The van der Waals surface area contributed by atoms with E-state index in [-0.39, 0.29) is 0 Å². The molecule has 0 bridgehead atoms. The highest BCUT2D eigenvalue weighted by Gasteiger charge is 2.18. The fraction of sp³-hybridized carbons (Fsp3) is 0.706. The van der Waals surface area contributed by atoms with Crippen molar-refractivity contribution in [2.75, 3.05) is 24.5 Å². The molecule has 0 spiro atoms. The first-order chi connectivity index (χ1) is 9.72. The molecule has 2 rings (SSSR count). The molecule has 1 saturated heterocycles. The molecule has 2 heterocycles. The summed E-state index contributed by atoms with van der Waals surface area (Å²) in [5, 5.41) is 3.50. The fourth-order valence-electron chi connectivity index (χ4n) is 2.89. The molecule has 0 radical (unpaired) electrons. The topological polar surface area (TPSA) is 28.2 Å². The average molecular weight is 275 g/mol. The fourth-order valence-corrected chi connectivity index (χ4v) is 2.89. The number of anilines is 1. The molecule has 112 valence electrons. The number of aryl methyl sites for hydroxylation is 1. The van der Waals surface area contributed by atoms with Crippen LogP contribution in [-0.4, -0.2) is 24.6 Å². The number of hydrogen-bond donors (Lipinski definition) is 1. The molecule has 1 aromatic rings. The summed E-state index contributed by atoms with van der Waals surface area (Å²) in [6, 6.07) is 4.53. The second kappa shape index (κ2) is 7.63. The molecule has 0 saturated carbocycles. The number of rotatable bonds is 6. The molecule has 1 aliphatic heterocycles. The van der Waals surface area contributed by atoms with Crippen molar-refractivity contribution in [3.8, 4) is 0 Å². The van der Waals surface area contributed by atoms with E-state index in [9.17, 15) is 0 Å². The molecule has 1 fully saturated rings. The third-order valence-corrected chi connectivity index (χ3v) is 4.02. The number of piperidine rings is 1. The minimum Gasteiger partial charge on any atom is -0.356 e. The Morgan fingerprint density at radius 2 is 2.20 bits per heavy atom. The van der Waals surface area contributed by atoms with Gasteiger partial charge in [0, 0.05) is 25.3 Å². The Morgan fingerprint density at radius 1 is 1.35 bits per heavy atom. The van der Waals surface area contributed by atoms with Crippen molar-refractivity contribution in [2.24, 2.45) is 5.92 Å². The lowest BCUT2D eigenvalue weighted by Crippen LogP contribution is -2.35. The molecule has 20 heavy (non-hydrogen) atoms. The lowest BCUT2D eigenvalue weighted by Gasteiger charge is -2.32. The Hall–Kier alpha value is -1.09. The van der Waals surface area contributed by atoms with E-state index in [0.717, 1.165) is 38.5 Å². The van der Waals surface area contributed by atoms with E-state index in [0.29, 0.717) is 0 Å². The van der Waals surface area contributed by atoms with Crippen molar-refractivity contribution in [3.63, 3.8) is 0 Å². The van der Waals surface area contributed by atoms with Crippen LogP contribution in [-0.2, 0) is 13.0 Å². The standard InChI is InChI=1S/C17H29N3/c1-4-8-18-12-15-10-16(5-2)19-17(11-15)20-9-6-7-14(3)13-20/h10-11,14,18H,4-9,12-13H2,1-3H3. The SMILES string of the molecule is CCCNCc1cc(CC)nc(N2CCCC(C)C2)c1. The van der Waals surface area contributed by atoms with Crippen LogP contribution in [0.25, 0.3) is 0 Å². The zero-order chi connectivity index (χ0) is 14.4. The van der Waals surface area contributed by atoms with Crippen LogP contribution in [0.4, 0.5) is 5.82 Å². The average Bonchev–Trinajstić information content (AvgIpc) is 2.47. The van der Waals surface area contributed by atoms with Gasteiger partial charge in [0.05, 0.1) is 0 Å². The summed E-state index contributed by atoms with van der Waals surface area (Å²) in [4.78, 5) is 7.31. The van der Waals surface area contributed by atoms with Gasteiger partial charge in [-0.1, -0.05) is 20.8 Å². The van der Waals surface area contributed by atoms with Gasteiger partial charge in [-0.15, -0.1) is 0 Å². The van der Waals surface area contributed by atoms with Crippen LogP contribution in [0.3, 0.4) is 0 Å². The molecule has 3 nitrogen and oxygen atoms in total. The van der Waals surface area contributed by atoms with E-state index in [1.807, 2.05) is 0 Å². The van der Waals surface area contributed by atoms with Crippen LogP contribution in [0.1, 0.15) is 51.3 Å². The molecule has 1 N–H and O–H groups in total. The quantitative estimate of drug-likeness (QED) is 0.807. The normalized spacial score (nSPS) is 19.4. The van der Waals surface area contributed by atoms with Crippen molar-refractivity contribution in [1.29, 1.82) is 0 Å². The van der Waals surface area contributed by atoms with E-state index in [4.69, 9.17) is 4.98 Å². The van der Waals surface area contributed by atoms with Gasteiger partial charge in [-0.2, -0.15) is 0 Å². The monoisotopic (exact) mass is 275 g/mol. The second-order valence-electron chi connectivity index (χ2n) is 6.05. The first kappa shape index (κ1) is 15.3. The van der Waals surface area contributed by atoms with Crippen LogP contribution >= 0.6 is 0 Å². The number of nitrogens with one attached hydrogen (secondary N) is 1. The van der Waals surface area contributed by atoms with Crippen molar-refractivity contribution in [1.82, 2.24) is 10.3 Å². The third kappa shape index (κ3) is 4.20. The largest absolute Gasteiger partial charge is 0.356 e. The van der Waals surface area contributed by atoms with Crippen LogP contribution in [0.5, 0.6) is 0 Å². The first-order valence-electron chi connectivity index (χ1n) is 8.18. The minimum atomic E-state index is 0.789. The minimum absolute atomic E-state index is 0.789. The summed E-state index contributed by atoms with van der Waals surface area (Å²) < 4.78 is 0. The maximum Gasteiger partial charge on any atom is 0.129 e. The maximum atomic E-state index is 4.84. The Labute approximate surface area is 123 Å². The smallest absolute Gasteiger partial charge is 0.129 e. The van der Waals surface area contributed by atoms with Gasteiger partial charge in [0.1, 0.15) is 5.82 Å². The van der Waals surface area contributed by atoms with Gasteiger partial charge in [0.15, 0.2) is 0 Å². The van der Waals surface area contributed by atoms with Gasteiger partial charge in [-0.25, -0.2) is 4.98 Å². The molecule has 1 aliphatic rings. The molecule has 0 amide bonds. The number of aromatic nitrogens is 1. The van der Waals surface area contributed by atoms with Gasteiger partial charge in [-0.05, 0) is 55.8 Å². The predicted octanol–water partition coefficient (Wildman–Crippen LogP) is 3.38. The van der Waals surface area contributed by atoms with Crippen molar-refractivity contribution in [2.45, 2.75) is 53.0 Å². The van der Waals surface area contributed by atoms with E-state index in [1.165, 1.54) is 36.3 Å².